The average molecular weight is 527 g/mol. The van der Waals surface area contributed by atoms with E-state index in [4.69, 9.17) is 34.8 Å². The minimum Gasteiger partial charge on any atom is -0.350 e. The molecule has 3 aromatic carbocycles. The molecule has 0 aromatic heterocycles. The highest BCUT2D eigenvalue weighted by Crippen LogP contribution is 2.36. The molecule has 0 fully saturated rings. The predicted molar refractivity (Wildman–Crippen MR) is 137 cm³/mol. The van der Waals surface area contributed by atoms with E-state index in [0.29, 0.717) is 29.4 Å². The maximum atomic E-state index is 13.0. The van der Waals surface area contributed by atoms with Crippen LogP contribution in [0.3, 0.4) is 0 Å². The molecule has 2 heterocycles. The predicted octanol–water partition coefficient (Wildman–Crippen LogP) is 5.63. The third-order valence-electron chi connectivity index (χ3n) is 6.00. The molecule has 6 nitrogen and oxygen atoms in total. The van der Waals surface area contributed by atoms with Gasteiger partial charge in [-0.05, 0) is 60.0 Å². The number of benzene rings is 3. The molecule has 9 heteroatoms. The maximum absolute atomic E-state index is 13.0. The van der Waals surface area contributed by atoms with Gasteiger partial charge in [0.05, 0.1) is 10.7 Å². The second-order valence-electron chi connectivity index (χ2n) is 8.18. The standard InChI is InChI=1S/C26H18Cl3N3O3/c27-18-7-10-20(28)21(13-18)32-25(34)22(29)23(26(32)35)30-19-8-5-16(6-9-19)24(33)31-12-11-15-3-1-2-4-17(15)14-31/h1-10,13,30H,11-12,14H2. The van der Waals surface area contributed by atoms with Crippen LogP contribution in [0.1, 0.15) is 21.5 Å². The van der Waals surface area contributed by atoms with E-state index in [-0.39, 0.29) is 27.3 Å². The summed E-state index contributed by atoms with van der Waals surface area (Å²) < 4.78 is 0. The Labute approximate surface area is 216 Å². The van der Waals surface area contributed by atoms with Crippen LogP contribution in [-0.4, -0.2) is 29.2 Å². The number of halogens is 3. The summed E-state index contributed by atoms with van der Waals surface area (Å²) in [6.07, 6.45) is 0.817. The van der Waals surface area contributed by atoms with Crippen molar-refractivity contribution >= 4 is 63.9 Å². The topological polar surface area (TPSA) is 69.7 Å². The quantitative estimate of drug-likeness (QED) is 0.448. The highest BCUT2D eigenvalue weighted by Gasteiger charge is 2.40. The average Bonchev–Trinajstić information content (AvgIpc) is 3.08. The van der Waals surface area contributed by atoms with Crippen LogP contribution in [0.15, 0.2) is 77.5 Å². The van der Waals surface area contributed by atoms with Gasteiger partial charge in [-0.2, -0.15) is 0 Å². The van der Waals surface area contributed by atoms with Gasteiger partial charge in [-0.25, -0.2) is 4.90 Å². The van der Waals surface area contributed by atoms with E-state index in [1.165, 1.54) is 17.7 Å². The Balaban J connectivity index is 1.31. The Hall–Kier alpha value is -3.32. The Morgan fingerprint density at radius 3 is 2.31 bits per heavy atom. The SMILES string of the molecule is O=C(c1ccc(NC2=C(Cl)C(=O)N(c3cc(Cl)ccc3Cl)C2=O)cc1)N1CCc2ccccc2C1. The van der Waals surface area contributed by atoms with Crippen molar-refractivity contribution in [3.8, 4) is 0 Å². The number of amides is 3. The minimum atomic E-state index is -0.708. The number of imide groups is 1. The van der Waals surface area contributed by atoms with Gasteiger partial charge in [-0.15, -0.1) is 0 Å². The molecule has 2 aliphatic rings. The van der Waals surface area contributed by atoms with Crippen LogP contribution >= 0.6 is 34.8 Å². The van der Waals surface area contributed by atoms with E-state index >= 15 is 0 Å². The fraction of sp³-hybridized carbons (Fsp3) is 0.115. The lowest BCUT2D eigenvalue weighted by Crippen LogP contribution is -2.35. The lowest BCUT2D eigenvalue weighted by Gasteiger charge is -2.29. The summed E-state index contributed by atoms with van der Waals surface area (Å²) in [7, 11) is 0. The molecule has 0 atom stereocenters. The van der Waals surface area contributed by atoms with E-state index in [2.05, 4.69) is 11.4 Å². The first-order chi connectivity index (χ1) is 16.8. The number of nitrogens with one attached hydrogen (secondary N) is 1. The normalized spacial score (nSPS) is 15.5. The maximum Gasteiger partial charge on any atom is 0.283 e. The van der Waals surface area contributed by atoms with Gasteiger partial charge in [0.1, 0.15) is 10.7 Å². The van der Waals surface area contributed by atoms with Crippen molar-refractivity contribution in [1.29, 1.82) is 0 Å². The number of hydrogen-bond acceptors (Lipinski definition) is 4. The van der Waals surface area contributed by atoms with Gasteiger partial charge in [0, 0.05) is 29.4 Å². The summed E-state index contributed by atoms with van der Waals surface area (Å²) >= 11 is 18.4. The number of carbonyl (C=O) groups excluding carboxylic acids is 3. The zero-order valence-electron chi connectivity index (χ0n) is 18.2. The summed E-state index contributed by atoms with van der Waals surface area (Å²) in [5, 5.41) is 3.14. The van der Waals surface area contributed by atoms with Crippen molar-refractivity contribution in [2.24, 2.45) is 0 Å². The molecule has 0 saturated carbocycles. The molecule has 176 valence electrons. The van der Waals surface area contributed by atoms with Crippen molar-refractivity contribution in [3.63, 3.8) is 0 Å². The van der Waals surface area contributed by atoms with Crippen molar-refractivity contribution in [3.05, 3.63) is 104 Å². The number of nitrogens with zero attached hydrogens (tertiary/aromatic N) is 2. The Kier molecular flexibility index (Phi) is 6.28. The summed E-state index contributed by atoms with van der Waals surface area (Å²) in [5.74, 6) is -1.44. The molecule has 0 radical (unpaired) electrons. The third kappa shape index (κ3) is 4.41. The van der Waals surface area contributed by atoms with Crippen LogP contribution in [0.25, 0.3) is 0 Å². The van der Waals surface area contributed by atoms with Gasteiger partial charge in [-0.3, -0.25) is 14.4 Å². The molecule has 5 rings (SSSR count). The minimum absolute atomic E-state index is 0.0720. The third-order valence-corrected chi connectivity index (χ3v) is 6.90. The first kappa shape index (κ1) is 23.4. The second kappa shape index (κ2) is 9.38. The van der Waals surface area contributed by atoms with E-state index in [9.17, 15) is 14.4 Å². The first-order valence-electron chi connectivity index (χ1n) is 10.8. The van der Waals surface area contributed by atoms with Gasteiger partial charge in [-0.1, -0.05) is 59.1 Å². The van der Waals surface area contributed by atoms with Gasteiger partial charge >= 0.3 is 0 Å². The number of anilines is 2. The van der Waals surface area contributed by atoms with Gasteiger partial charge in [0.15, 0.2) is 0 Å². The van der Waals surface area contributed by atoms with Gasteiger partial charge in [0.2, 0.25) is 0 Å². The zero-order chi connectivity index (χ0) is 24.7. The monoisotopic (exact) mass is 525 g/mol. The smallest absolute Gasteiger partial charge is 0.283 e. The molecule has 0 saturated heterocycles. The highest BCUT2D eigenvalue weighted by atomic mass is 35.5. The Morgan fingerprint density at radius 1 is 0.857 bits per heavy atom. The van der Waals surface area contributed by atoms with E-state index in [1.807, 2.05) is 23.1 Å². The van der Waals surface area contributed by atoms with Crippen LogP contribution in [0.4, 0.5) is 11.4 Å². The highest BCUT2D eigenvalue weighted by molar-refractivity contribution is 6.54. The number of rotatable bonds is 4. The fourth-order valence-corrected chi connectivity index (χ4v) is 4.76. The lowest BCUT2D eigenvalue weighted by molar-refractivity contribution is -0.120. The molecular formula is C26H18Cl3N3O3. The number of hydrogen-bond donors (Lipinski definition) is 1. The van der Waals surface area contributed by atoms with Crippen molar-refractivity contribution < 1.29 is 14.4 Å². The number of fused-ring (bicyclic) bond motifs is 1. The molecular weight excluding hydrogens is 509 g/mol. The van der Waals surface area contributed by atoms with Gasteiger partial charge < -0.3 is 10.2 Å². The Morgan fingerprint density at radius 2 is 1.57 bits per heavy atom. The zero-order valence-corrected chi connectivity index (χ0v) is 20.5. The van der Waals surface area contributed by atoms with E-state index in [1.54, 1.807) is 30.3 Å². The van der Waals surface area contributed by atoms with Crippen LogP contribution < -0.4 is 10.2 Å². The molecule has 3 amide bonds. The second-order valence-corrected chi connectivity index (χ2v) is 9.40. The van der Waals surface area contributed by atoms with Crippen LogP contribution in [-0.2, 0) is 22.6 Å². The first-order valence-corrected chi connectivity index (χ1v) is 11.9. The van der Waals surface area contributed by atoms with E-state index in [0.717, 1.165) is 16.9 Å². The van der Waals surface area contributed by atoms with Gasteiger partial charge in [0.25, 0.3) is 17.7 Å². The van der Waals surface area contributed by atoms with Crippen LogP contribution in [0.5, 0.6) is 0 Å². The summed E-state index contributed by atoms with van der Waals surface area (Å²) in [6, 6.07) is 19.3. The van der Waals surface area contributed by atoms with E-state index < -0.39 is 11.8 Å². The summed E-state index contributed by atoms with van der Waals surface area (Å²) in [6.45, 7) is 1.22. The lowest BCUT2D eigenvalue weighted by atomic mass is 9.99. The molecule has 2 aliphatic heterocycles. The van der Waals surface area contributed by atoms with Crippen molar-refractivity contribution in [1.82, 2.24) is 4.90 Å². The summed E-state index contributed by atoms with van der Waals surface area (Å²) in [5.41, 5.74) is 3.51. The Bertz CT molecular complexity index is 1400. The fourth-order valence-electron chi connectivity index (χ4n) is 4.18. The molecule has 0 unspecified atom stereocenters. The number of carbonyl (C=O) groups is 3. The molecule has 0 aliphatic carbocycles. The summed E-state index contributed by atoms with van der Waals surface area (Å²) in [4.78, 5) is 41.4. The molecule has 35 heavy (non-hydrogen) atoms. The molecule has 0 spiro atoms. The molecule has 3 aromatic rings. The largest absolute Gasteiger partial charge is 0.350 e. The van der Waals surface area contributed by atoms with Crippen LogP contribution in [0.2, 0.25) is 10.0 Å². The van der Waals surface area contributed by atoms with Crippen molar-refractivity contribution in [2.45, 2.75) is 13.0 Å². The molecule has 1 N–H and O–H groups in total. The van der Waals surface area contributed by atoms with Crippen LogP contribution in [0, 0.1) is 0 Å². The molecule has 0 bridgehead atoms. The van der Waals surface area contributed by atoms with Crippen molar-refractivity contribution in [2.75, 3.05) is 16.8 Å².